The number of benzene rings is 1. The summed E-state index contributed by atoms with van der Waals surface area (Å²) in [6, 6.07) is 7.57. The van der Waals surface area contributed by atoms with Gasteiger partial charge >= 0.3 is 5.97 Å². The van der Waals surface area contributed by atoms with Gasteiger partial charge in [0.1, 0.15) is 0 Å². The largest absolute Gasteiger partial charge is 0.464 e. The summed E-state index contributed by atoms with van der Waals surface area (Å²) in [4.78, 5) is 13.8. The molecule has 0 aliphatic carbocycles. The first-order valence-corrected chi connectivity index (χ1v) is 6.88. The molecule has 0 radical (unpaired) electrons. The van der Waals surface area contributed by atoms with Gasteiger partial charge in [-0.15, -0.1) is 0 Å². The van der Waals surface area contributed by atoms with E-state index in [0.717, 1.165) is 18.8 Å². The molecule has 1 aliphatic heterocycles. The number of aromatic nitrogens is 3. The van der Waals surface area contributed by atoms with Crippen molar-refractivity contribution in [1.29, 1.82) is 0 Å². The first-order valence-electron chi connectivity index (χ1n) is 6.88. The van der Waals surface area contributed by atoms with Crippen molar-refractivity contribution in [2.45, 2.75) is 0 Å². The molecule has 1 aromatic heterocycles. The number of aromatic amines is 1. The fraction of sp³-hybridized carbons (Fsp3) is 0.357. The van der Waals surface area contributed by atoms with Gasteiger partial charge in [0.2, 0.25) is 5.69 Å². The van der Waals surface area contributed by atoms with E-state index in [0.29, 0.717) is 19.0 Å². The number of ether oxygens (including phenoxy) is 3. The van der Waals surface area contributed by atoms with Gasteiger partial charge in [0.15, 0.2) is 5.75 Å². The van der Waals surface area contributed by atoms with Crippen molar-refractivity contribution in [1.82, 2.24) is 15.4 Å². The molecule has 0 saturated carbocycles. The third-order valence-corrected chi connectivity index (χ3v) is 3.33. The SMILES string of the molecule is COC(=O)c1[nH]nnc1Oc1ccccc1N1CCOCC1. The zero-order valence-electron chi connectivity index (χ0n) is 12.1. The molecule has 3 rings (SSSR count). The van der Waals surface area contributed by atoms with E-state index in [4.69, 9.17) is 9.47 Å². The average molecular weight is 304 g/mol. The second-order valence-corrected chi connectivity index (χ2v) is 4.65. The number of hydrogen-bond donors (Lipinski definition) is 1. The number of hydrogen-bond acceptors (Lipinski definition) is 7. The molecular formula is C14H16N4O4. The Balaban J connectivity index is 1.86. The summed E-state index contributed by atoms with van der Waals surface area (Å²) >= 11 is 0. The normalized spacial score (nSPS) is 14.7. The fourth-order valence-electron chi connectivity index (χ4n) is 2.24. The van der Waals surface area contributed by atoms with Gasteiger partial charge in [-0.2, -0.15) is 0 Å². The lowest BCUT2D eigenvalue weighted by Gasteiger charge is -2.29. The van der Waals surface area contributed by atoms with Crippen LogP contribution in [0.5, 0.6) is 11.6 Å². The summed E-state index contributed by atoms with van der Waals surface area (Å²) in [6.45, 7) is 2.91. The number of anilines is 1. The second-order valence-electron chi connectivity index (χ2n) is 4.65. The predicted octanol–water partition coefficient (Wildman–Crippen LogP) is 1.22. The monoisotopic (exact) mass is 304 g/mol. The molecule has 0 amide bonds. The lowest BCUT2D eigenvalue weighted by atomic mass is 10.2. The van der Waals surface area contributed by atoms with Gasteiger partial charge in [0.05, 0.1) is 26.0 Å². The van der Waals surface area contributed by atoms with Crippen molar-refractivity contribution in [2.75, 3.05) is 38.3 Å². The molecule has 0 bridgehead atoms. The van der Waals surface area contributed by atoms with Gasteiger partial charge in [0.25, 0.3) is 5.88 Å². The van der Waals surface area contributed by atoms with Crippen LogP contribution in [-0.4, -0.2) is 54.8 Å². The van der Waals surface area contributed by atoms with E-state index in [-0.39, 0.29) is 11.6 Å². The molecule has 2 heterocycles. The molecule has 1 aliphatic rings. The van der Waals surface area contributed by atoms with Crippen LogP contribution in [0.15, 0.2) is 24.3 Å². The van der Waals surface area contributed by atoms with Crippen LogP contribution in [-0.2, 0) is 9.47 Å². The molecule has 0 atom stereocenters. The van der Waals surface area contributed by atoms with Crippen LogP contribution in [0.3, 0.4) is 0 Å². The molecule has 1 aromatic carbocycles. The standard InChI is InChI=1S/C14H16N4O4/c1-20-14(19)12-13(16-17-15-12)22-11-5-3-2-4-10(11)18-6-8-21-9-7-18/h2-5H,6-9H2,1H3,(H,15,16,17). The molecule has 1 N–H and O–H groups in total. The number of rotatable bonds is 4. The van der Waals surface area contributed by atoms with E-state index in [9.17, 15) is 4.79 Å². The van der Waals surface area contributed by atoms with Crippen molar-refractivity contribution in [3.05, 3.63) is 30.0 Å². The number of esters is 1. The van der Waals surface area contributed by atoms with Crippen LogP contribution in [0, 0.1) is 0 Å². The molecule has 22 heavy (non-hydrogen) atoms. The smallest absolute Gasteiger partial charge is 0.361 e. The van der Waals surface area contributed by atoms with E-state index in [1.165, 1.54) is 7.11 Å². The van der Waals surface area contributed by atoms with Gasteiger partial charge in [-0.25, -0.2) is 9.89 Å². The van der Waals surface area contributed by atoms with Gasteiger partial charge in [-0.05, 0) is 12.1 Å². The summed E-state index contributed by atoms with van der Waals surface area (Å²) in [5, 5.41) is 9.87. The van der Waals surface area contributed by atoms with E-state index in [1.54, 1.807) is 0 Å². The predicted molar refractivity (Wildman–Crippen MR) is 77.3 cm³/mol. The Hall–Kier alpha value is -2.61. The summed E-state index contributed by atoms with van der Waals surface area (Å²) in [6.07, 6.45) is 0. The number of carbonyl (C=O) groups excluding carboxylic acids is 1. The Labute approximate surface area is 127 Å². The minimum absolute atomic E-state index is 0.0827. The quantitative estimate of drug-likeness (QED) is 0.849. The van der Waals surface area contributed by atoms with Gasteiger partial charge < -0.3 is 19.1 Å². The fourth-order valence-corrected chi connectivity index (χ4v) is 2.24. The number of nitrogens with one attached hydrogen (secondary N) is 1. The molecule has 2 aromatic rings. The van der Waals surface area contributed by atoms with Gasteiger partial charge in [-0.1, -0.05) is 22.4 Å². The number of carbonyl (C=O) groups is 1. The number of morpholine rings is 1. The maximum Gasteiger partial charge on any atom is 0.361 e. The molecule has 8 nitrogen and oxygen atoms in total. The maximum absolute atomic E-state index is 11.6. The van der Waals surface area contributed by atoms with Crippen LogP contribution >= 0.6 is 0 Å². The van der Waals surface area contributed by atoms with Crippen LogP contribution in [0.2, 0.25) is 0 Å². The zero-order valence-corrected chi connectivity index (χ0v) is 12.1. The van der Waals surface area contributed by atoms with Gasteiger partial charge in [-0.3, -0.25) is 0 Å². The first kappa shape index (κ1) is 14.3. The summed E-state index contributed by atoms with van der Waals surface area (Å²) in [5.74, 6) is 0.111. The second kappa shape index (κ2) is 6.44. The summed E-state index contributed by atoms with van der Waals surface area (Å²) < 4.78 is 15.8. The Morgan fingerprint density at radius 3 is 2.86 bits per heavy atom. The Kier molecular flexibility index (Phi) is 4.19. The Morgan fingerprint density at radius 1 is 1.32 bits per heavy atom. The lowest BCUT2D eigenvalue weighted by molar-refractivity contribution is 0.0591. The molecule has 116 valence electrons. The lowest BCUT2D eigenvalue weighted by Crippen LogP contribution is -2.36. The van der Waals surface area contributed by atoms with Crippen molar-refractivity contribution in [2.24, 2.45) is 0 Å². The molecular weight excluding hydrogens is 288 g/mol. The van der Waals surface area contributed by atoms with Crippen LogP contribution in [0.1, 0.15) is 10.5 Å². The van der Waals surface area contributed by atoms with Crippen molar-refractivity contribution < 1.29 is 19.0 Å². The molecule has 1 fully saturated rings. The molecule has 1 saturated heterocycles. The highest BCUT2D eigenvalue weighted by Gasteiger charge is 2.21. The Bertz CT molecular complexity index is 652. The highest BCUT2D eigenvalue weighted by molar-refractivity contribution is 5.89. The highest BCUT2D eigenvalue weighted by atomic mass is 16.5. The molecule has 0 spiro atoms. The summed E-state index contributed by atoms with van der Waals surface area (Å²) in [5.41, 5.74) is 1.00. The topological polar surface area (TPSA) is 89.6 Å². The Morgan fingerprint density at radius 2 is 2.09 bits per heavy atom. The highest BCUT2D eigenvalue weighted by Crippen LogP contribution is 2.32. The number of H-pyrrole nitrogens is 1. The first-order chi connectivity index (χ1) is 10.8. The molecule has 8 heteroatoms. The van der Waals surface area contributed by atoms with E-state index >= 15 is 0 Å². The van der Waals surface area contributed by atoms with Crippen molar-refractivity contribution in [3.8, 4) is 11.6 Å². The number of methoxy groups -OCH3 is 1. The van der Waals surface area contributed by atoms with E-state index in [2.05, 4.69) is 25.0 Å². The third kappa shape index (κ3) is 2.86. The number of nitrogens with zero attached hydrogens (tertiary/aromatic N) is 3. The van der Waals surface area contributed by atoms with Gasteiger partial charge in [0, 0.05) is 13.1 Å². The minimum Gasteiger partial charge on any atom is -0.464 e. The molecule has 0 unspecified atom stereocenters. The summed E-state index contributed by atoms with van der Waals surface area (Å²) in [7, 11) is 1.29. The third-order valence-electron chi connectivity index (χ3n) is 3.33. The minimum atomic E-state index is -0.580. The van der Waals surface area contributed by atoms with Crippen LogP contribution in [0.25, 0.3) is 0 Å². The average Bonchev–Trinajstić information content (AvgIpc) is 3.03. The van der Waals surface area contributed by atoms with E-state index in [1.807, 2.05) is 24.3 Å². The van der Waals surface area contributed by atoms with Crippen molar-refractivity contribution in [3.63, 3.8) is 0 Å². The van der Waals surface area contributed by atoms with E-state index < -0.39 is 5.97 Å². The van der Waals surface area contributed by atoms with Crippen LogP contribution in [0.4, 0.5) is 5.69 Å². The zero-order chi connectivity index (χ0) is 15.4. The van der Waals surface area contributed by atoms with Crippen LogP contribution < -0.4 is 9.64 Å². The number of para-hydroxylation sites is 2. The maximum atomic E-state index is 11.6. The van der Waals surface area contributed by atoms with Crippen molar-refractivity contribution >= 4 is 11.7 Å².